The molecule has 2 fully saturated rings. The van der Waals surface area contributed by atoms with Crippen LogP contribution in [0.1, 0.15) is 49.4 Å². The van der Waals surface area contributed by atoms with Gasteiger partial charge in [-0.25, -0.2) is 27.3 Å². The van der Waals surface area contributed by atoms with Gasteiger partial charge in [-0.15, -0.1) is 11.3 Å². The Kier molecular flexibility index (Phi) is 9.36. The standard InChI is InChI=1S/C30H35F4N5O5S/c1-5-43-27(40)22-20(36-25(26-35-9-10-45-26)37-23(22)18-7-6-8-19(32)16(18)2)13-38-15-30(33,34)24-21(38)14-44-39(24)12-17(31)11-29(3,4)28(41)42/h6-10,17,21,23-24H,5,11-15H2,1-4H3,(H,36,37)(H,41,42)/t17-,21+,23-,24-/m0/s1. The smallest absolute Gasteiger partial charge is 0.338 e. The largest absolute Gasteiger partial charge is 0.481 e. The number of aliphatic carboxylic acids is 1. The first-order chi connectivity index (χ1) is 21.2. The average Bonchev–Trinajstić information content (AvgIpc) is 3.69. The van der Waals surface area contributed by atoms with Gasteiger partial charge in [-0.05, 0) is 51.3 Å². The van der Waals surface area contributed by atoms with Gasteiger partial charge in [0, 0.05) is 23.8 Å². The summed E-state index contributed by atoms with van der Waals surface area (Å²) in [5.74, 6) is -5.46. The molecule has 1 aromatic carbocycles. The van der Waals surface area contributed by atoms with Crippen molar-refractivity contribution in [1.29, 1.82) is 0 Å². The molecule has 3 aliphatic heterocycles. The molecule has 5 rings (SSSR count). The Balaban J connectivity index is 1.48. The van der Waals surface area contributed by atoms with E-state index in [2.05, 4.69) is 10.3 Å². The fourth-order valence-corrected chi connectivity index (χ4v) is 6.61. The van der Waals surface area contributed by atoms with E-state index in [1.165, 1.54) is 42.2 Å². The lowest BCUT2D eigenvalue weighted by Gasteiger charge is -2.31. The molecular weight excluding hydrogens is 618 g/mol. The number of nitrogens with one attached hydrogen (secondary N) is 1. The molecule has 0 bridgehead atoms. The Morgan fingerprint density at radius 2 is 2.09 bits per heavy atom. The van der Waals surface area contributed by atoms with Gasteiger partial charge in [-0.3, -0.25) is 19.5 Å². The molecule has 0 aliphatic carbocycles. The second-order valence-corrected chi connectivity index (χ2v) is 12.9. The highest BCUT2D eigenvalue weighted by Gasteiger charge is 2.61. The fraction of sp³-hybridized carbons (Fsp3) is 0.533. The molecule has 0 spiro atoms. The summed E-state index contributed by atoms with van der Waals surface area (Å²) < 4.78 is 66.3. The predicted molar refractivity (Wildman–Crippen MR) is 157 cm³/mol. The first-order valence-corrected chi connectivity index (χ1v) is 15.4. The van der Waals surface area contributed by atoms with Gasteiger partial charge in [-0.1, -0.05) is 12.1 Å². The minimum absolute atomic E-state index is 0.0336. The third-order valence-corrected chi connectivity index (χ3v) is 9.09. The Bertz CT molecular complexity index is 1500. The highest BCUT2D eigenvalue weighted by Crippen LogP contribution is 2.42. The predicted octanol–water partition coefficient (Wildman–Crippen LogP) is 4.27. The van der Waals surface area contributed by atoms with E-state index in [1.54, 1.807) is 31.5 Å². The van der Waals surface area contributed by atoms with Gasteiger partial charge >= 0.3 is 11.9 Å². The summed E-state index contributed by atoms with van der Waals surface area (Å²) in [7, 11) is 0. The van der Waals surface area contributed by atoms with Crippen molar-refractivity contribution in [2.45, 2.75) is 64.3 Å². The molecule has 15 heteroatoms. The van der Waals surface area contributed by atoms with Gasteiger partial charge in [0.25, 0.3) is 5.92 Å². The average molecular weight is 654 g/mol. The zero-order valence-corrected chi connectivity index (χ0v) is 26.0. The number of carboxylic acids is 1. The molecule has 0 radical (unpaired) electrons. The van der Waals surface area contributed by atoms with Crippen molar-refractivity contribution in [3.63, 3.8) is 0 Å². The number of halogens is 4. The van der Waals surface area contributed by atoms with Crippen molar-refractivity contribution in [3.05, 3.63) is 63.0 Å². The van der Waals surface area contributed by atoms with Crippen molar-refractivity contribution in [2.24, 2.45) is 10.4 Å². The number of thiazole rings is 1. The second kappa shape index (κ2) is 12.8. The molecule has 4 heterocycles. The van der Waals surface area contributed by atoms with Crippen molar-refractivity contribution < 1.29 is 41.8 Å². The lowest BCUT2D eigenvalue weighted by atomic mass is 9.87. The van der Waals surface area contributed by atoms with E-state index in [9.17, 15) is 23.5 Å². The molecule has 4 atom stereocenters. The molecule has 2 N–H and O–H groups in total. The number of carbonyl (C=O) groups is 2. The van der Waals surface area contributed by atoms with E-state index in [4.69, 9.17) is 14.6 Å². The number of carboxylic acid groups (broad SMARTS) is 1. The topological polar surface area (TPSA) is 117 Å². The Labute approximate surface area is 261 Å². The Hall–Kier alpha value is -3.40. The lowest BCUT2D eigenvalue weighted by molar-refractivity contribution is -0.190. The van der Waals surface area contributed by atoms with Crippen LogP contribution in [0.2, 0.25) is 0 Å². The van der Waals surface area contributed by atoms with Crippen molar-refractivity contribution in [2.75, 3.05) is 32.8 Å². The molecule has 2 aromatic rings. The van der Waals surface area contributed by atoms with E-state index in [-0.39, 0.29) is 48.8 Å². The van der Waals surface area contributed by atoms with Gasteiger partial charge in [0.05, 0.1) is 43.3 Å². The molecule has 45 heavy (non-hydrogen) atoms. The molecule has 1 aromatic heterocycles. The second-order valence-electron chi connectivity index (χ2n) is 12.0. The number of fused-ring (bicyclic) bond motifs is 1. The van der Waals surface area contributed by atoms with Crippen LogP contribution in [0.5, 0.6) is 0 Å². The first-order valence-electron chi connectivity index (χ1n) is 14.5. The van der Waals surface area contributed by atoms with Gasteiger partial charge < -0.3 is 15.2 Å². The third kappa shape index (κ3) is 6.62. The van der Waals surface area contributed by atoms with Crippen LogP contribution in [-0.4, -0.2) is 94.9 Å². The monoisotopic (exact) mass is 653 g/mol. The summed E-state index contributed by atoms with van der Waals surface area (Å²) in [4.78, 5) is 41.0. The van der Waals surface area contributed by atoms with E-state index in [1.807, 2.05) is 0 Å². The van der Waals surface area contributed by atoms with Crippen LogP contribution in [0.4, 0.5) is 17.6 Å². The minimum atomic E-state index is -3.33. The van der Waals surface area contributed by atoms with Gasteiger partial charge in [0.15, 0.2) is 10.8 Å². The van der Waals surface area contributed by atoms with Gasteiger partial charge in [-0.2, -0.15) is 5.06 Å². The summed E-state index contributed by atoms with van der Waals surface area (Å²) in [5, 5.41) is 15.6. The third-order valence-electron chi connectivity index (χ3n) is 8.31. The summed E-state index contributed by atoms with van der Waals surface area (Å²) in [5.41, 5.74) is -0.424. The van der Waals surface area contributed by atoms with Crippen LogP contribution in [0.3, 0.4) is 0 Å². The number of aliphatic imine (C=N–C) groups is 1. The number of benzene rings is 1. The number of aromatic nitrogens is 1. The quantitative estimate of drug-likeness (QED) is 0.271. The number of alkyl halides is 3. The van der Waals surface area contributed by atoms with Crippen LogP contribution < -0.4 is 5.32 Å². The molecule has 10 nitrogen and oxygen atoms in total. The van der Waals surface area contributed by atoms with Crippen molar-refractivity contribution >= 4 is 29.1 Å². The number of hydroxylamine groups is 2. The molecular formula is C30H35F4N5O5S. The zero-order valence-electron chi connectivity index (χ0n) is 25.2. The molecule has 2 saturated heterocycles. The maximum absolute atomic E-state index is 15.6. The van der Waals surface area contributed by atoms with E-state index in [0.717, 1.165) is 5.06 Å². The van der Waals surface area contributed by atoms with E-state index in [0.29, 0.717) is 10.6 Å². The molecule has 0 unspecified atom stereocenters. The highest BCUT2D eigenvalue weighted by atomic mass is 32.1. The van der Waals surface area contributed by atoms with Crippen LogP contribution in [0.15, 0.2) is 46.0 Å². The van der Waals surface area contributed by atoms with Crippen LogP contribution in [-0.2, 0) is 19.2 Å². The molecule has 244 valence electrons. The summed E-state index contributed by atoms with van der Waals surface area (Å²) >= 11 is 1.28. The normalized spacial score (nSPS) is 24.3. The van der Waals surface area contributed by atoms with Crippen LogP contribution in [0.25, 0.3) is 0 Å². The lowest BCUT2D eigenvalue weighted by Crippen LogP contribution is -2.47. The number of hydrogen-bond acceptors (Lipinski definition) is 10. The van der Waals surface area contributed by atoms with Crippen molar-refractivity contribution in [3.8, 4) is 0 Å². The maximum Gasteiger partial charge on any atom is 0.338 e. The zero-order chi connectivity index (χ0) is 32.7. The number of amidine groups is 1. The Morgan fingerprint density at radius 1 is 1.33 bits per heavy atom. The highest BCUT2D eigenvalue weighted by molar-refractivity contribution is 7.11. The van der Waals surface area contributed by atoms with E-state index >= 15 is 8.78 Å². The summed E-state index contributed by atoms with van der Waals surface area (Å²) in [6, 6.07) is 1.04. The number of likely N-dealkylation sites (tertiary alicyclic amines) is 1. The minimum Gasteiger partial charge on any atom is -0.481 e. The van der Waals surface area contributed by atoms with Gasteiger partial charge in [0.1, 0.15) is 24.1 Å². The van der Waals surface area contributed by atoms with Crippen molar-refractivity contribution in [1.82, 2.24) is 20.3 Å². The number of hydrogen-bond donors (Lipinski definition) is 2. The fourth-order valence-electron chi connectivity index (χ4n) is 6.02. The molecule has 3 aliphatic rings. The van der Waals surface area contributed by atoms with Crippen LogP contribution >= 0.6 is 11.3 Å². The number of ether oxygens (including phenoxy) is 1. The number of nitrogens with zero attached hydrogens (tertiary/aromatic N) is 4. The molecule has 0 amide bonds. The number of carbonyl (C=O) groups excluding carboxylic acids is 1. The maximum atomic E-state index is 15.6. The van der Waals surface area contributed by atoms with Crippen LogP contribution in [0, 0.1) is 18.2 Å². The number of rotatable bonds is 11. The first kappa shape index (κ1) is 33.0. The molecule has 0 saturated carbocycles. The summed E-state index contributed by atoms with van der Waals surface area (Å²) in [6.07, 6.45) is -0.540. The van der Waals surface area contributed by atoms with Gasteiger partial charge in [0.2, 0.25) is 0 Å². The van der Waals surface area contributed by atoms with E-state index < -0.39 is 66.5 Å². The Morgan fingerprint density at radius 3 is 2.76 bits per heavy atom. The summed E-state index contributed by atoms with van der Waals surface area (Å²) in [6.45, 7) is 4.38. The SMILES string of the molecule is CCOC(=O)C1=C(CN2CC(F)(F)[C@@H]3[C@H]2CON3C[C@@H](F)CC(C)(C)C(=O)O)NC(c2nccs2)=N[C@H]1c1cccc(F)c1C. The number of esters is 1.